The molecule has 0 spiro atoms. The number of aryl methyl sites for hydroxylation is 1. The lowest BCUT2D eigenvalue weighted by molar-refractivity contribution is -0.159. The van der Waals surface area contributed by atoms with E-state index in [0.29, 0.717) is 64.9 Å². The van der Waals surface area contributed by atoms with Gasteiger partial charge in [0.15, 0.2) is 6.10 Å². The Morgan fingerprint density at radius 3 is 2.54 bits per heavy atom. The fourth-order valence-corrected chi connectivity index (χ4v) is 4.92. The zero-order valence-electron chi connectivity index (χ0n) is 21.6. The Balaban J connectivity index is 1.17. The monoisotopic (exact) mass is 556 g/mol. The molecule has 5 rings (SSSR count). The molecule has 0 aliphatic carbocycles. The molecule has 2 fully saturated rings. The predicted octanol–water partition coefficient (Wildman–Crippen LogP) is 2.86. The molecule has 0 saturated carbocycles. The molecule has 10 nitrogen and oxygen atoms in total. The van der Waals surface area contributed by atoms with Gasteiger partial charge in [-0.1, -0.05) is 23.7 Å². The summed E-state index contributed by atoms with van der Waals surface area (Å²) in [5.74, 6) is -0.337. The van der Waals surface area contributed by atoms with Crippen molar-refractivity contribution in [2.24, 2.45) is 0 Å². The minimum absolute atomic E-state index is 0.0261. The van der Waals surface area contributed by atoms with E-state index >= 15 is 0 Å². The number of piperazine rings is 1. The van der Waals surface area contributed by atoms with Crippen LogP contribution < -0.4 is 5.32 Å². The Morgan fingerprint density at radius 1 is 1.08 bits per heavy atom. The lowest BCUT2D eigenvalue weighted by atomic mass is 10.1. The summed E-state index contributed by atoms with van der Waals surface area (Å²) >= 11 is 6.34. The van der Waals surface area contributed by atoms with Crippen LogP contribution in [0.5, 0.6) is 0 Å². The smallest absolute Gasteiger partial charge is 0.276 e. The van der Waals surface area contributed by atoms with Gasteiger partial charge in [0.2, 0.25) is 0 Å². The Morgan fingerprint density at radius 2 is 1.85 bits per heavy atom. The topological polar surface area (TPSA) is 102 Å². The molecule has 1 atom stereocenters. The number of pyridine rings is 1. The highest BCUT2D eigenvalue weighted by atomic mass is 35.5. The number of nitrogens with one attached hydrogen (secondary N) is 1. The van der Waals surface area contributed by atoms with Crippen LogP contribution in [-0.4, -0.2) is 95.0 Å². The summed E-state index contributed by atoms with van der Waals surface area (Å²) in [4.78, 5) is 34.3. The average Bonchev–Trinajstić information content (AvgIpc) is 3.34. The third-order valence-electron chi connectivity index (χ3n) is 6.90. The first-order chi connectivity index (χ1) is 18.9. The summed E-state index contributed by atoms with van der Waals surface area (Å²) in [6, 6.07) is 8.03. The van der Waals surface area contributed by atoms with Gasteiger partial charge in [-0.15, -0.1) is 0 Å². The van der Waals surface area contributed by atoms with Crippen molar-refractivity contribution < 1.29 is 23.5 Å². The average molecular weight is 557 g/mol. The zero-order valence-corrected chi connectivity index (χ0v) is 22.4. The number of halogens is 2. The maximum atomic E-state index is 13.3. The number of anilines is 1. The second-order valence-corrected chi connectivity index (χ2v) is 9.92. The normalized spacial score (nSPS) is 18.2. The van der Waals surface area contributed by atoms with Crippen molar-refractivity contribution in [3.05, 3.63) is 64.8 Å². The molecule has 1 N–H and O–H groups in total. The van der Waals surface area contributed by atoms with Crippen molar-refractivity contribution >= 4 is 29.2 Å². The molecular formula is C27H30ClFN6O4. The minimum atomic E-state index is -0.519. The van der Waals surface area contributed by atoms with E-state index in [-0.39, 0.29) is 22.4 Å². The van der Waals surface area contributed by atoms with E-state index in [0.717, 1.165) is 16.7 Å². The molecule has 1 unspecified atom stereocenters. The first kappa shape index (κ1) is 27.2. The minimum Gasteiger partial charge on any atom is -0.376 e. The summed E-state index contributed by atoms with van der Waals surface area (Å²) in [6.45, 7) is 6.83. The van der Waals surface area contributed by atoms with E-state index in [1.54, 1.807) is 23.0 Å². The summed E-state index contributed by atoms with van der Waals surface area (Å²) in [6.07, 6.45) is 2.57. The number of carbonyl (C=O) groups is 2. The van der Waals surface area contributed by atoms with Gasteiger partial charge in [0.25, 0.3) is 11.8 Å². The SMILES string of the molecule is Cc1cc(-c2ccc(F)cc2)cnc1NC(=O)c1c(Cl)cnn1CCN1CCN(C(=O)C2COCCO2)CC1. The number of amides is 2. The number of aromatic nitrogens is 3. The van der Waals surface area contributed by atoms with Crippen molar-refractivity contribution in [2.45, 2.75) is 19.6 Å². The molecule has 2 aromatic heterocycles. The van der Waals surface area contributed by atoms with Crippen LogP contribution in [0.15, 0.2) is 42.7 Å². The molecule has 39 heavy (non-hydrogen) atoms. The molecule has 2 saturated heterocycles. The Kier molecular flexibility index (Phi) is 8.51. The number of benzene rings is 1. The van der Waals surface area contributed by atoms with E-state index < -0.39 is 12.0 Å². The highest BCUT2D eigenvalue weighted by Crippen LogP contribution is 2.24. The number of rotatable bonds is 7. The van der Waals surface area contributed by atoms with Crippen LogP contribution in [0.3, 0.4) is 0 Å². The fraction of sp³-hybridized carbons (Fsp3) is 0.407. The highest BCUT2D eigenvalue weighted by Gasteiger charge is 2.30. The maximum absolute atomic E-state index is 13.3. The number of ether oxygens (including phenoxy) is 2. The van der Waals surface area contributed by atoms with Gasteiger partial charge in [0.05, 0.1) is 37.6 Å². The van der Waals surface area contributed by atoms with E-state index in [4.69, 9.17) is 21.1 Å². The number of nitrogens with zero attached hydrogens (tertiary/aromatic N) is 5. The quantitative estimate of drug-likeness (QED) is 0.477. The number of carbonyl (C=O) groups excluding carboxylic acids is 2. The van der Waals surface area contributed by atoms with E-state index in [1.807, 2.05) is 17.9 Å². The van der Waals surface area contributed by atoms with Crippen LogP contribution in [0.4, 0.5) is 10.2 Å². The summed E-state index contributed by atoms with van der Waals surface area (Å²) in [7, 11) is 0. The summed E-state index contributed by atoms with van der Waals surface area (Å²) < 4.78 is 25.7. The van der Waals surface area contributed by atoms with Crippen molar-refractivity contribution in [3.63, 3.8) is 0 Å². The van der Waals surface area contributed by atoms with Crippen LogP contribution >= 0.6 is 11.6 Å². The second-order valence-electron chi connectivity index (χ2n) is 9.52. The van der Waals surface area contributed by atoms with Crippen LogP contribution in [0.25, 0.3) is 11.1 Å². The van der Waals surface area contributed by atoms with Gasteiger partial charge in [0.1, 0.15) is 17.3 Å². The van der Waals surface area contributed by atoms with Crippen molar-refractivity contribution in [1.29, 1.82) is 0 Å². The van der Waals surface area contributed by atoms with Gasteiger partial charge in [-0.2, -0.15) is 5.10 Å². The van der Waals surface area contributed by atoms with Gasteiger partial charge < -0.3 is 19.7 Å². The molecule has 0 bridgehead atoms. The standard InChI is InChI=1S/C27H30ClFN6O4/c1-18-14-20(19-2-4-21(29)5-3-19)15-30-25(18)32-26(36)24-22(28)16-31-35(24)11-8-33-6-9-34(10-7-33)27(37)23-17-38-12-13-39-23/h2-5,14-16,23H,6-13,17H2,1H3,(H,30,32,36). The Hall–Kier alpha value is -3.38. The summed E-state index contributed by atoms with van der Waals surface area (Å²) in [5, 5.41) is 7.38. The zero-order chi connectivity index (χ0) is 27.4. The number of hydrogen-bond donors (Lipinski definition) is 1. The third-order valence-corrected chi connectivity index (χ3v) is 7.18. The molecule has 2 aliphatic rings. The summed E-state index contributed by atoms with van der Waals surface area (Å²) in [5.41, 5.74) is 2.65. The molecule has 4 heterocycles. The fourth-order valence-electron chi connectivity index (χ4n) is 4.69. The number of hydrogen-bond acceptors (Lipinski definition) is 7. The van der Waals surface area contributed by atoms with E-state index in [9.17, 15) is 14.0 Å². The van der Waals surface area contributed by atoms with Gasteiger partial charge in [-0.25, -0.2) is 9.37 Å². The molecule has 0 radical (unpaired) electrons. The Bertz CT molecular complexity index is 1320. The van der Waals surface area contributed by atoms with Gasteiger partial charge in [-0.05, 0) is 36.2 Å². The molecule has 2 amide bonds. The van der Waals surface area contributed by atoms with Gasteiger partial charge >= 0.3 is 0 Å². The van der Waals surface area contributed by atoms with Gasteiger partial charge in [-0.3, -0.25) is 19.2 Å². The van der Waals surface area contributed by atoms with E-state index in [1.165, 1.54) is 18.3 Å². The van der Waals surface area contributed by atoms with Gasteiger partial charge in [0, 0.05) is 44.5 Å². The highest BCUT2D eigenvalue weighted by molar-refractivity contribution is 6.34. The van der Waals surface area contributed by atoms with Crippen molar-refractivity contribution in [3.8, 4) is 11.1 Å². The Labute approximate surface area is 230 Å². The lowest BCUT2D eigenvalue weighted by Gasteiger charge is -2.36. The predicted molar refractivity (Wildman–Crippen MR) is 143 cm³/mol. The van der Waals surface area contributed by atoms with Crippen molar-refractivity contribution in [2.75, 3.05) is 57.9 Å². The molecular weight excluding hydrogens is 527 g/mol. The molecule has 206 valence electrons. The van der Waals surface area contributed by atoms with E-state index in [2.05, 4.69) is 20.3 Å². The first-order valence-electron chi connectivity index (χ1n) is 12.8. The largest absolute Gasteiger partial charge is 0.376 e. The molecule has 1 aromatic carbocycles. The first-order valence-corrected chi connectivity index (χ1v) is 13.2. The molecule has 3 aromatic rings. The third kappa shape index (κ3) is 6.44. The molecule has 12 heteroatoms. The van der Waals surface area contributed by atoms with Crippen molar-refractivity contribution in [1.82, 2.24) is 24.6 Å². The maximum Gasteiger partial charge on any atom is 0.276 e. The van der Waals surface area contributed by atoms with Crippen LogP contribution in [-0.2, 0) is 20.8 Å². The molecule has 2 aliphatic heterocycles. The van der Waals surface area contributed by atoms with Crippen LogP contribution in [0.1, 0.15) is 16.1 Å². The van der Waals surface area contributed by atoms with Crippen LogP contribution in [0, 0.1) is 12.7 Å². The second kappa shape index (κ2) is 12.2. The van der Waals surface area contributed by atoms with Crippen LogP contribution in [0.2, 0.25) is 5.02 Å². The lowest BCUT2D eigenvalue weighted by Crippen LogP contribution is -2.53.